The first-order chi connectivity index (χ1) is 10.1. The number of hydrogen-bond acceptors (Lipinski definition) is 4. The van der Waals surface area contributed by atoms with Crippen LogP contribution in [0.25, 0.3) is 0 Å². The lowest BCUT2D eigenvalue weighted by molar-refractivity contribution is -0.146. The number of nitrogens with zero attached hydrogens (tertiary/aromatic N) is 2. The van der Waals surface area contributed by atoms with Crippen LogP contribution in [0.3, 0.4) is 0 Å². The van der Waals surface area contributed by atoms with E-state index < -0.39 is 11.8 Å². The lowest BCUT2D eigenvalue weighted by atomic mass is 10.1. The molecule has 1 aliphatic heterocycles. The fourth-order valence-corrected chi connectivity index (χ4v) is 2.28. The average Bonchev–Trinajstić information content (AvgIpc) is 2.53. The molecule has 6 heteroatoms. The summed E-state index contributed by atoms with van der Waals surface area (Å²) in [7, 11) is 2.01. The Morgan fingerprint density at radius 3 is 2.52 bits per heavy atom. The van der Waals surface area contributed by atoms with Crippen LogP contribution >= 0.6 is 0 Å². The smallest absolute Gasteiger partial charge is 0.311 e. The van der Waals surface area contributed by atoms with Crippen LogP contribution in [0.1, 0.15) is 11.1 Å². The van der Waals surface area contributed by atoms with E-state index in [1.54, 1.807) is 4.90 Å². The van der Waals surface area contributed by atoms with Crippen LogP contribution < -0.4 is 11.1 Å². The number of carbonyl (C=O) groups excluding carboxylic acids is 2. The molecule has 3 N–H and O–H groups in total. The topological polar surface area (TPSA) is 78.7 Å². The van der Waals surface area contributed by atoms with Crippen molar-refractivity contribution >= 4 is 11.8 Å². The maximum atomic E-state index is 12.0. The van der Waals surface area contributed by atoms with Gasteiger partial charge in [0, 0.05) is 39.3 Å². The number of likely N-dealkylation sites (N-methyl/N-ethyl adjacent to an activating group) is 1. The average molecular weight is 290 g/mol. The van der Waals surface area contributed by atoms with Crippen molar-refractivity contribution in [2.45, 2.75) is 13.1 Å². The number of piperazine rings is 1. The molecule has 1 aromatic rings. The number of hydrogen-bond donors (Lipinski definition) is 2. The van der Waals surface area contributed by atoms with Crippen molar-refractivity contribution in [2.24, 2.45) is 5.73 Å². The highest BCUT2D eigenvalue weighted by Gasteiger charge is 2.24. The summed E-state index contributed by atoms with van der Waals surface area (Å²) in [4.78, 5) is 27.7. The highest BCUT2D eigenvalue weighted by Crippen LogP contribution is 2.05. The molecule has 1 aliphatic rings. The summed E-state index contributed by atoms with van der Waals surface area (Å²) >= 11 is 0. The van der Waals surface area contributed by atoms with E-state index >= 15 is 0 Å². The van der Waals surface area contributed by atoms with Crippen molar-refractivity contribution in [2.75, 3.05) is 33.2 Å². The first kappa shape index (κ1) is 15.5. The van der Waals surface area contributed by atoms with E-state index in [-0.39, 0.29) is 0 Å². The molecule has 0 atom stereocenters. The van der Waals surface area contributed by atoms with Gasteiger partial charge in [-0.1, -0.05) is 24.3 Å². The van der Waals surface area contributed by atoms with Crippen molar-refractivity contribution in [1.82, 2.24) is 15.1 Å². The molecule has 0 aromatic heterocycles. The minimum absolute atomic E-state index is 0.339. The Balaban J connectivity index is 1.84. The van der Waals surface area contributed by atoms with E-state index in [4.69, 9.17) is 5.73 Å². The zero-order chi connectivity index (χ0) is 15.2. The van der Waals surface area contributed by atoms with E-state index in [9.17, 15) is 9.59 Å². The Morgan fingerprint density at radius 2 is 1.86 bits per heavy atom. The molecule has 1 saturated heterocycles. The summed E-state index contributed by atoms with van der Waals surface area (Å²) in [6.07, 6.45) is 0. The van der Waals surface area contributed by atoms with Gasteiger partial charge in [0.25, 0.3) is 0 Å². The fourth-order valence-electron chi connectivity index (χ4n) is 2.28. The van der Waals surface area contributed by atoms with Crippen molar-refractivity contribution in [3.63, 3.8) is 0 Å². The van der Waals surface area contributed by atoms with E-state index in [0.29, 0.717) is 26.2 Å². The van der Waals surface area contributed by atoms with Crippen LogP contribution in [0.2, 0.25) is 0 Å². The second-order valence-corrected chi connectivity index (χ2v) is 5.30. The number of benzene rings is 1. The van der Waals surface area contributed by atoms with Gasteiger partial charge in [-0.15, -0.1) is 0 Å². The molecular weight excluding hydrogens is 268 g/mol. The second-order valence-electron chi connectivity index (χ2n) is 5.30. The van der Waals surface area contributed by atoms with Gasteiger partial charge in [-0.05, 0) is 18.2 Å². The van der Waals surface area contributed by atoms with Gasteiger partial charge in [0.05, 0.1) is 0 Å². The molecule has 1 fully saturated rings. The summed E-state index contributed by atoms with van der Waals surface area (Å²) < 4.78 is 0. The molecule has 0 radical (unpaired) electrons. The van der Waals surface area contributed by atoms with Gasteiger partial charge in [0.2, 0.25) is 0 Å². The number of rotatable bonds is 3. The normalized spacial score (nSPS) is 15.8. The molecule has 21 heavy (non-hydrogen) atoms. The molecule has 1 aromatic carbocycles. The Bertz CT molecular complexity index is 510. The minimum atomic E-state index is -0.544. The predicted octanol–water partition coefficient (Wildman–Crippen LogP) is -0.464. The van der Waals surface area contributed by atoms with Gasteiger partial charge >= 0.3 is 11.8 Å². The number of nitrogens with two attached hydrogens (primary N) is 1. The van der Waals surface area contributed by atoms with Crippen molar-refractivity contribution in [1.29, 1.82) is 0 Å². The maximum absolute atomic E-state index is 12.0. The van der Waals surface area contributed by atoms with Gasteiger partial charge in [0.15, 0.2) is 0 Å². The molecule has 6 nitrogen and oxygen atoms in total. The van der Waals surface area contributed by atoms with E-state index in [1.807, 2.05) is 31.3 Å². The van der Waals surface area contributed by atoms with Crippen LogP contribution in [-0.2, 0) is 22.7 Å². The molecule has 0 unspecified atom stereocenters. The predicted molar refractivity (Wildman–Crippen MR) is 80.3 cm³/mol. The molecule has 0 aliphatic carbocycles. The molecule has 1 heterocycles. The van der Waals surface area contributed by atoms with E-state index in [1.165, 1.54) is 0 Å². The SMILES string of the molecule is CN1CCN(C(=O)C(=O)NCc2cccc(CN)c2)CC1. The van der Waals surface area contributed by atoms with Crippen molar-refractivity contribution < 1.29 is 9.59 Å². The first-order valence-electron chi connectivity index (χ1n) is 7.13. The summed E-state index contributed by atoms with van der Waals surface area (Å²) in [5.74, 6) is -0.990. The third-order valence-electron chi connectivity index (χ3n) is 3.66. The molecule has 2 amide bonds. The Kier molecular flexibility index (Phi) is 5.30. The van der Waals surface area contributed by atoms with Crippen LogP contribution in [0.15, 0.2) is 24.3 Å². The number of nitrogens with one attached hydrogen (secondary N) is 1. The lowest BCUT2D eigenvalue weighted by Gasteiger charge is -2.31. The second kappa shape index (κ2) is 7.19. The fraction of sp³-hybridized carbons (Fsp3) is 0.467. The molecule has 114 valence electrons. The Morgan fingerprint density at radius 1 is 1.19 bits per heavy atom. The highest BCUT2D eigenvalue weighted by atomic mass is 16.2. The van der Waals surface area contributed by atoms with E-state index in [0.717, 1.165) is 24.2 Å². The highest BCUT2D eigenvalue weighted by molar-refractivity contribution is 6.34. The standard InChI is InChI=1S/C15H22N4O2/c1-18-5-7-19(8-6-18)15(21)14(20)17-11-13-4-2-3-12(9-13)10-16/h2-4,9H,5-8,10-11,16H2,1H3,(H,17,20). The van der Waals surface area contributed by atoms with Gasteiger partial charge in [0.1, 0.15) is 0 Å². The quantitative estimate of drug-likeness (QED) is 0.738. The zero-order valence-corrected chi connectivity index (χ0v) is 12.3. The van der Waals surface area contributed by atoms with Crippen molar-refractivity contribution in [3.8, 4) is 0 Å². The Hall–Kier alpha value is -1.92. The van der Waals surface area contributed by atoms with Crippen LogP contribution in [-0.4, -0.2) is 54.8 Å². The van der Waals surface area contributed by atoms with Crippen LogP contribution in [0.4, 0.5) is 0 Å². The van der Waals surface area contributed by atoms with Gasteiger partial charge in [-0.2, -0.15) is 0 Å². The largest absolute Gasteiger partial charge is 0.344 e. The summed E-state index contributed by atoms with van der Waals surface area (Å²) in [6, 6.07) is 7.66. The van der Waals surface area contributed by atoms with Gasteiger partial charge in [-0.3, -0.25) is 9.59 Å². The zero-order valence-electron chi connectivity index (χ0n) is 12.3. The summed E-state index contributed by atoms with van der Waals surface area (Å²) in [5.41, 5.74) is 7.53. The molecular formula is C15H22N4O2. The third kappa shape index (κ3) is 4.27. The third-order valence-corrected chi connectivity index (χ3v) is 3.66. The van der Waals surface area contributed by atoms with Gasteiger partial charge in [-0.25, -0.2) is 0 Å². The van der Waals surface area contributed by atoms with E-state index in [2.05, 4.69) is 10.2 Å². The van der Waals surface area contributed by atoms with Crippen LogP contribution in [0, 0.1) is 0 Å². The molecule has 0 bridgehead atoms. The molecule has 2 rings (SSSR count). The lowest BCUT2D eigenvalue weighted by Crippen LogP contribution is -2.51. The monoisotopic (exact) mass is 290 g/mol. The van der Waals surface area contributed by atoms with Crippen molar-refractivity contribution in [3.05, 3.63) is 35.4 Å². The molecule has 0 spiro atoms. The molecule has 0 saturated carbocycles. The number of amides is 2. The summed E-state index contributed by atoms with van der Waals surface area (Å²) in [6.45, 7) is 3.61. The summed E-state index contributed by atoms with van der Waals surface area (Å²) in [5, 5.41) is 2.67. The van der Waals surface area contributed by atoms with Crippen LogP contribution in [0.5, 0.6) is 0 Å². The van der Waals surface area contributed by atoms with Gasteiger partial charge < -0.3 is 20.9 Å². The maximum Gasteiger partial charge on any atom is 0.311 e. The minimum Gasteiger partial charge on any atom is -0.344 e. The Labute approximate surface area is 124 Å². The first-order valence-corrected chi connectivity index (χ1v) is 7.13. The number of carbonyl (C=O) groups is 2.